The van der Waals surface area contributed by atoms with Crippen LogP contribution in [0.4, 0.5) is 0 Å². The van der Waals surface area contributed by atoms with E-state index in [0.29, 0.717) is 24.7 Å². The van der Waals surface area contributed by atoms with Crippen LogP contribution >= 0.6 is 22.6 Å². The molecule has 3 aromatic rings. The second-order valence-corrected chi connectivity index (χ2v) is 7.51. The first kappa shape index (κ1) is 21.0. The number of halogens is 1. The maximum absolute atomic E-state index is 5.83. The lowest BCUT2D eigenvalue weighted by molar-refractivity contribution is 0.306. The molecule has 0 fully saturated rings. The SMILES string of the molecule is COc1ccc(CN/N=C\c2ccc(OCc3ccc(I)cc3)cc2)cc1OC. The number of methoxy groups -OCH3 is 2. The highest BCUT2D eigenvalue weighted by atomic mass is 127. The van der Waals surface area contributed by atoms with Crippen molar-refractivity contribution in [1.82, 2.24) is 5.43 Å². The van der Waals surface area contributed by atoms with E-state index < -0.39 is 0 Å². The molecule has 0 aliphatic carbocycles. The van der Waals surface area contributed by atoms with Gasteiger partial charge in [0, 0.05) is 3.57 Å². The van der Waals surface area contributed by atoms with Crippen LogP contribution in [0.1, 0.15) is 16.7 Å². The van der Waals surface area contributed by atoms with Gasteiger partial charge in [0.2, 0.25) is 0 Å². The van der Waals surface area contributed by atoms with E-state index in [1.807, 2.05) is 42.5 Å². The first-order valence-corrected chi connectivity index (χ1v) is 10.2. The lowest BCUT2D eigenvalue weighted by Crippen LogP contribution is -2.06. The van der Waals surface area contributed by atoms with Crippen molar-refractivity contribution in [3.05, 3.63) is 87.0 Å². The third-order valence-electron chi connectivity index (χ3n) is 4.23. The standard InChI is InChI=1S/C23H23IN2O3/c1-27-22-12-7-19(13-23(22)28-2)15-26-25-14-17-5-10-21(11-6-17)29-16-18-3-8-20(24)9-4-18/h3-14,26H,15-16H2,1-2H3/b25-14-. The second-order valence-electron chi connectivity index (χ2n) is 6.27. The van der Waals surface area contributed by atoms with Crippen molar-refractivity contribution >= 4 is 28.8 Å². The Kier molecular flexibility index (Phi) is 7.75. The van der Waals surface area contributed by atoms with Gasteiger partial charge < -0.3 is 19.6 Å². The van der Waals surface area contributed by atoms with E-state index in [1.165, 1.54) is 3.57 Å². The van der Waals surface area contributed by atoms with Gasteiger partial charge >= 0.3 is 0 Å². The van der Waals surface area contributed by atoms with Gasteiger partial charge in [-0.2, -0.15) is 5.10 Å². The summed E-state index contributed by atoms with van der Waals surface area (Å²) in [5, 5.41) is 4.28. The molecule has 0 aliphatic heterocycles. The molecule has 5 nitrogen and oxygen atoms in total. The fourth-order valence-electron chi connectivity index (χ4n) is 2.65. The molecular formula is C23H23IN2O3. The minimum atomic E-state index is 0.553. The quantitative estimate of drug-likeness (QED) is 0.254. The number of nitrogens with zero attached hydrogens (tertiary/aromatic N) is 1. The zero-order valence-corrected chi connectivity index (χ0v) is 18.5. The largest absolute Gasteiger partial charge is 0.493 e. The Morgan fingerprint density at radius 2 is 1.55 bits per heavy atom. The van der Waals surface area contributed by atoms with Gasteiger partial charge in [-0.15, -0.1) is 0 Å². The van der Waals surface area contributed by atoms with Crippen molar-refractivity contribution in [3.8, 4) is 17.2 Å². The molecule has 150 valence electrons. The van der Waals surface area contributed by atoms with Crippen LogP contribution < -0.4 is 19.6 Å². The van der Waals surface area contributed by atoms with Gasteiger partial charge in [0.1, 0.15) is 12.4 Å². The van der Waals surface area contributed by atoms with E-state index in [9.17, 15) is 0 Å². The van der Waals surface area contributed by atoms with Crippen molar-refractivity contribution in [2.24, 2.45) is 5.10 Å². The highest BCUT2D eigenvalue weighted by Crippen LogP contribution is 2.27. The Labute approximate surface area is 184 Å². The first-order chi connectivity index (χ1) is 14.2. The summed E-state index contributed by atoms with van der Waals surface area (Å²) in [6.07, 6.45) is 1.78. The summed E-state index contributed by atoms with van der Waals surface area (Å²) in [6.45, 7) is 1.14. The molecule has 0 amide bonds. The summed E-state index contributed by atoms with van der Waals surface area (Å²) in [7, 11) is 3.25. The topological polar surface area (TPSA) is 52.1 Å². The highest BCUT2D eigenvalue weighted by Gasteiger charge is 2.03. The lowest BCUT2D eigenvalue weighted by Gasteiger charge is -2.09. The van der Waals surface area contributed by atoms with Crippen LogP contribution in [0.5, 0.6) is 17.2 Å². The Morgan fingerprint density at radius 1 is 0.862 bits per heavy atom. The van der Waals surface area contributed by atoms with Gasteiger partial charge in [-0.1, -0.05) is 18.2 Å². The molecule has 0 saturated heterocycles. The molecule has 0 bridgehead atoms. The van der Waals surface area contributed by atoms with Gasteiger partial charge in [0.15, 0.2) is 11.5 Å². The van der Waals surface area contributed by atoms with E-state index in [1.54, 1.807) is 20.4 Å². The summed E-state index contributed by atoms with van der Waals surface area (Å²) in [5.74, 6) is 2.25. The zero-order valence-electron chi connectivity index (χ0n) is 16.4. The summed E-state index contributed by atoms with van der Waals surface area (Å²) < 4.78 is 17.6. The minimum Gasteiger partial charge on any atom is -0.493 e. The Balaban J connectivity index is 1.48. The molecule has 0 aromatic heterocycles. The molecule has 1 N–H and O–H groups in total. The lowest BCUT2D eigenvalue weighted by atomic mass is 10.2. The van der Waals surface area contributed by atoms with Crippen LogP contribution in [0.2, 0.25) is 0 Å². The average molecular weight is 502 g/mol. The average Bonchev–Trinajstić information content (AvgIpc) is 2.77. The van der Waals surface area contributed by atoms with Crippen LogP contribution in [-0.4, -0.2) is 20.4 Å². The van der Waals surface area contributed by atoms with Gasteiger partial charge in [0.05, 0.1) is 27.0 Å². The van der Waals surface area contributed by atoms with Crippen molar-refractivity contribution in [1.29, 1.82) is 0 Å². The van der Waals surface area contributed by atoms with Gasteiger partial charge in [-0.3, -0.25) is 0 Å². The molecule has 3 aromatic carbocycles. The molecular weight excluding hydrogens is 479 g/mol. The van der Waals surface area contributed by atoms with E-state index in [4.69, 9.17) is 14.2 Å². The summed E-state index contributed by atoms with van der Waals surface area (Å²) in [5.41, 5.74) is 6.24. The van der Waals surface area contributed by atoms with Crippen LogP contribution in [0.15, 0.2) is 71.8 Å². The summed E-state index contributed by atoms with van der Waals surface area (Å²) >= 11 is 2.29. The zero-order chi connectivity index (χ0) is 20.5. The number of hydrazone groups is 1. The summed E-state index contributed by atoms with van der Waals surface area (Å²) in [4.78, 5) is 0. The van der Waals surface area contributed by atoms with E-state index in [-0.39, 0.29) is 0 Å². The third kappa shape index (κ3) is 6.39. The number of nitrogens with one attached hydrogen (secondary N) is 1. The molecule has 0 heterocycles. The van der Waals surface area contributed by atoms with Crippen molar-refractivity contribution in [3.63, 3.8) is 0 Å². The second kappa shape index (κ2) is 10.7. The summed E-state index contributed by atoms with van der Waals surface area (Å²) in [6, 6.07) is 21.9. The van der Waals surface area contributed by atoms with Gasteiger partial charge in [-0.25, -0.2) is 0 Å². The maximum atomic E-state index is 5.83. The van der Waals surface area contributed by atoms with Crippen molar-refractivity contribution in [2.45, 2.75) is 13.2 Å². The number of rotatable bonds is 9. The molecule has 0 saturated carbocycles. The molecule has 6 heteroatoms. The van der Waals surface area contributed by atoms with Crippen LogP contribution in [0.3, 0.4) is 0 Å². The van der Waals surface area contributed by atoms with E-state index in [2.05, 4.69) is 57.4 Å². The normalized spacial score (nSPS) is 10.7. The predicted molar refractivity (Wildman–Crippen MR) is 124 cm³/mol. The Morgan fingerprint density at radius 3 is 2.24 bits per heavy atom. The number of ether oxygens (including phenoxy) is 3. The molecule has 0 atom stereocenters. The van der Waals surface area contributed by atoms with Crippen LogP contribution in [-0.2, 0) is 13.2 Å². The Bertz CT molecular complexity index is 941. The molecule has 0 spiro atoms. The number of hydrogen-bond acceptors (Lipinski definition) is 5. The highest BCUT2D eigenvalue weighted by molar-refractivity contribution is 14.1. The van der Waals surface area contributed by atoms with E-state index >= 15 is 0 Å². The van der Waals surface area contributed by atoms with Crippen molar-refractivity contribution in [2.75, 3.05) is 14.2 Å². The molecule has 29 heavy (non-hydrogen) atoms. The van der Waals surface area contributed by atoms with Gasteiger partial charge in [0.25, 0.3) is 0 Å². The predicted octanol–water partition coefficient (Wildman–Crippen LogP) is 5.01. The van der Waals surface area contributed by atoms with Crippen LogP contribution in [0.25, 0.3) is 0 Å². The number of hydrogen-bond donors (Lipinski definition) is 1. The fraction of sp³-hybridized carbons (Fsp3) is 0.174. The monoisotopic (exact) mass is 502 g/mol. The van der Waals surface area contributed by atoms with Crippen molar-refractivity contribution < 1.29 is 14.2 Å². The maximum Gasteiger partial charge on any atom is 0.161 e. The minimum absolute atomic E-state index is 0.553. The van der Waals surface area contributed by atoms with Gasteiger partial charge in [-0.05, 0) is 87.8 Å². The molecule has 0 aliphatic rings. The van der Waals surface area contributed by atoms with E-state index in [0.717, 1.165) is 22.4 Å². The van der Waals surface area contributed by atoms with Crippen LogP contribution in [0, 0.1) is 3.57 Å². The molecule has 3 rings (SSSR count). The third-order valence-corrected chi connectivity index (χ3v) is 4.95. The first-order valence-electron chi connectivity index (χ1n) is 9.12. The molecule has 0 unspecified atom stereocenters. The number of benzene rings is 3. The smallest absolute Gasteiger partial charge is 0.161 e. The fourth-order valence-corrected chi connectivity index (χ4v) is 3.00. The molecule has 0 radical (unpaired) electrons. The Hall–Kier alpha value is -2.74.